The van der Waals surface area contributed by atoms with Gasteiger partial charge in [-0.1, -0.05) is 12.1 Å². The van der Waals surface area contributed by atoms with Gasteiger partial charge in [-0.3, -0.25) is 9.59 Å². The van der Waals surface area contributed by atoms with E-state index in [1.54, 1.807) is 24.3 Å². The molecule has 1 aliphatic rings. The first-order valence-electron chi connectivity index (χ1n) is 5.69. The van der Waals surface area contributed by atoms with Crippen LogP contribution in [0.1, 0.15) is 10.4 Å². The fourth-order valence-electron chi connectivity index (χ4n) is 1.76. The van der Waals surface area contributed by atoms with Gasteiger partial charge in [-0.05, 0) is 12.1 Å². The van der Waals surface area contributed by atoms with Gasteiger partial charge in [0.2, 0.25) is 5.91 Å². The molecule has 1 fully saturated rings. The van der Waals surface area contributed by atoms with Crippen molar-refractivity contribution in [3.05, 3.63) is 29.8 Å². The van der Waals surface area contributed by atoms with Crippen LogP contribution in [0.25, 0.3) is 0 Å². The fraction of sp³-hybridized carbons (Fsp3) is 0.333. The molecule has 6 heteroatoms. The number of hydrogen-bond acceptors (Lipinski definition) is 4. The first-order valence-corrected chi connectivity index (χ1v) is 5.69. The number of ether oxygens (including phenoxy) is 1. The standard InChI is InChI=1S/C12H15N3O3/c13-11(16)8-3-1-2-4-9(8)15-12(17)10-7-18-6-5-14-10/h1-4,10,14H,5-7H2,(H2,13,16)(H,15,17). The summed E-state index contributed by atoms with van der Waals surface area (Å²) < 4.78 is 5.20. The van der Waals surface area contributed by atoms with Gasteiger partial charge >= 0.3 is 0 Å². The Labute approximate surface area is 104 Å². The minimum absolute atomic E-state index is 0.233. The van der Waals surface area contributed by atoms with E-state index in [2.05, 4.69) is 10.6 Å². The summed E-state index contributed by atoms with van der Waals surface area (Å²) in [6.45, 7) is 1.56. The number of hydrogen-bond donors (Lipinski definition) is 3. The van der Waals surface area contributed by atoms with Crippen molar-refractivity contribution in [2.75, 3.05) is 25.1 Å². The largest absolute Gasteiger partial charge is 0.378 e. The number of rotatable bonds is 3. The van der Waals surface area contributed by atoms with Gasteiger partial charge in [0, 0.05) is 6.54 Å². The Hall–Kier alpha value is -1.92. The van der Waals surface area contributed by atoms with Crippen molar-refractivity contribution in [1.82, 2.24) is 5.32 Å². The van der Waals surface area contributed by atoms with Crippen molar-refractivity contribution in [2.24, 2.45) is 5.73 Å². The molecule has 0 bridgehead atoms. The molecule has 6 nitrogen and oxygen atoms in total. The zero-order valence-corrected chi connectivity index (χ0v) is 9.81. The molecule has 1 unspecified atom stereocenters. The van der Waals surface area contributed by atoms with E-state index in [-0.39, 0.29) is 5.91 Å². The van der Waals surface area contributed by atoms with E-state index in [1.165, 1.54) is 0 Å². The van der Waals surface area contributed by atoms with Crippen LogP contribution in [0.15, 0.2) is 24.3 Å². The van der Waals surface area contributed by atoms with E-state index in [4.69, 9.17) is 10.5 Å². The summed E-state index contributed by atoms with van der Waals surface area (Å²) in [6, 6.07) is 6.23. The zero-order valence-electron chi connectivity index (χ0n) is 9.81. The topological polar surface area (TPSA) is 93.5 Å². The van der Waals surface area contributed by atoms with Crippen LogP contribution in [-0.4, -0.2) is 37.6 Å². The lowest BCUT2D eigenvalue weighted by Gasteiger charge is -2.23. The molecule has 2 amide bonds. The summed E-state index contributed by atoms with van der Waals surface area (Å²) in [6.07, 6.45) is 0. The van der Waals surface area contributed by atoms with Gasteiger partial charge in [-0.2, -0.15) is 0 Å². The maximum absolute atomic E-state index is 11.9. The molecule has 0 spiro atoms. The minimum atomic E-state index is -0.571. The molecule has 0 saturated carbocycles. The summed E-state index contributed by atoms with van der Waals surface area (Å²) in [4.78, 5) is 23.1. The Morgan fingerprint density at radius 2 is 2.17 bits per heavy atom. The number of carbonyl (C=O) groups is 2. The molecule has 1 aliphatic heterocycles. The van der Waals surface area contributed by atoms with Gasteiger partial charge in [-0.15, -0.1) is 0 Å². The van der Waals surface area contributed by atoms with Crippen LogP contribution in [0.4, 0.5) is 5.69 Å². The van der Waals surface area contributed by atoms with E-state index in [0.29, 0.717) is 31.0 Å². The van der Waals surface area contributed by atoms with Crippen molar-refractivity contribution in [2.45, 2.75) is 6.04 Å². The summed E-state index contributed by atoms with van der Waals surface area (Å²) in [7, 11) is 0. The Morgan fingerprint density at radius 3 is 2.83 bits per heavy atom. The lowest BCUT2D eigenvalue weighted by Crippen LogP contribution is -2.49. The Balaban J connectivity index is 2.08. The molecule has 2 rings (SSSR count). The van der Waals surface area contributed by atoms with Gasteiger partial charge in [0.25, 0.3) is 5.91 Å². The average molecular weight is 249 g/mol. The number of benzene rings is 1. The number of carbonyl (C=O) groups excluding carboxylic acids is 2. The van der Waals surface area contributed by atoms with Gasteiger partial charge in [0.05, 0.1) is 24.5 Å². The maximum Gasteiger partial charge on any atom is 0.250 e. The van der Waals surface area contributed by atoms with Crippen LogP contribution in [0.5, 0.6) is 0 Å². The monoisotopic (exact) mass is 249 g/mol. The Kier molecular flexibility index (Phi) is 3.91. The second-order valence-corrected chi connectivity index (χ2v) is 3.98. The Bertz CT molecular complexity index is 456. The second kappa shape index (κ2) is 5.61. The summed E-state index contributed by atoms with van der Waals surface area (Å²) in [5.74, 6) is -0.804. The fourth-order valence-corrected chi connectivity index (χ4v) is 1.76. The highest BCUT2D eigenvalue weighted by atomic mass is 16.5. The maximum atomic E-state index is 11.9. The van der Waals surface area contributed by atoms with E-state index in [0.717, 1.165) is 0 Å². The minimum Gasteiger partial charge on any atom is -0.378 e. The molecule has 4 N–H and O–H groups in total. The van der Waals surface area contributed by atoms with Crippen molar-refractivity contribution in [3.8, 4) is 0 Å². The summed E-state index contributed by atoms with van der Waals surface area (Å²) >= 11 is 0. The van der Waals surface area contributed by atoms with Crippen molar-refractivity contribution >= 4 is 17.5 Å². The normalized spacial score (nSPS) is 19.2. The number of primary amides is 1. The molecule has 1 aromatic carbocycles. The number of nitrogens with one attached hydrogen (secondary N) is 2. The van der Waals surface area contributed by atoms with Crippen LogP contribution < -0.4 is 16.4 Å². The molecule has 1 heterocycles. The van der Waals surface area contributed by atoms with E-state index >= 15 is 0 Å². The number of nitrogens with two attached hydrogens (primary N) is 1. The summed E-state index contributed by atoms with van der Waals surface area (Å²) in [5.41, 5.74) is 5.95. The number of amides is 2. The van der Waals surface area contributed by atoms with E-state index in [9.17, 15) is 9.59 Å². The highest BCUT2D eigenvalue weighted by molar-refractivity contribution is 6.04. The van der Waals surface area contributed by atoms with Crippen LogP contribution >= 0.6 is 0 Å². The third-order valence-corrected chi connectivity index (χ3v) is 2.69. The molecule has 0 aliphatic carbocycles. The third-order valence-electron chi connectivity index (χ3n) is 2.69. The van der Waals surface area contributed by atoms with Gasteiger partial charge in [-0.25, -0.2) is 0 Å². The highest BCUT2D eigenvalue weighted by Gasteiger charge is 2.22. The molecule has 1 aromatic rings. The van der Waals surface area contributed by atoms with Crippen molar-refractivity contribution in [3.63, 3.8) is 0 Å². The third kappa shape index (κ3) is 2.85. The predicted molar refractivity (Wildman–Crippen MR) is 66.2 cm³/mol. The van der Waals surface area contributed by atoms with Crippen molar-refractivity contribution < 1.29 is 14.3 Å². The van der Waals surface area contributed by atoms with Gasteiger partial charge in [0.1, 0.15) is 6.04 Å². The molecule has 0 aromatic heterocycles. The van der Waals surface area contributed by atoms with Crippen LogP contribution in [0, 0.1) is 0 Å². The number of morpholine rings is 1. The van der Waals surface area contributed by atoms with Crippen molar-refractivity contribution in [1.29, 1.82) is 0 Å². The van der Waals surface area contributed by atoms with Crippen LogP contribution in [-0.2, 0) is 9.53 Å². The smallest absolute Gasteiger partial charge is 0.250 e. The SMILES string of the molecule is NC(=O)c1ccccc1NC(=O)C1COCCN1. The molecule has 18 heavy (non-hydrogen) atoms. The average Bonchev–Trinajstić information content (AvgIpc) is 2.40. The first kappa shape index (κ1) is 12.5. The van der Waals surface area contributed by atoms with E-state index in [1.807, 2.05) is 0 Å². The molecular weight excluding hydrogens is 234 g/mol. The zero-order chi connectivity index (χ0) is 13.0. The second-order valence-electron chi connectivity index (χ2n) is 3.98. The highest BCUT2D eigenvalue weighted by Crippen LogP contribution is 2.14. The Morgan fingerprint density at radius 1 is 1.39 bits per heavy atom. The molecule has 96 valence electrons. The quantitative estimate of drug-likeness (QED) is 0.686. The van der Waals surface area contributed by atoms with Crippen LogP contribution in [0.2, 0.25) is 0 Å². The lowest BCUT2D eigenvalue weighted by atomic mass is 10.1. The number of anilines is 1. The summed E-state index contributed by atoms with van der Waals surface area (Å²) in [5, 5.41) is 5.71. The van der Waals surface area contributed by atoms with Crippen LogP contribution in [0.3, 0.4) is 0 Å². The van der Waals surface area contributed by atoms with E-state index < -0.39 is 11.9 Å². The molecule has 1 atom stereocenters. The first-order chi connectivity index (χ1) is 8.68. The van der Waals surface area contributed by atoms with Gasteiger partial charge in [0.15, 0.2) is 0 Å². The molecule has 1 saturated heterocycles. The molecular formula is C12H15N3O3. The lowest BCUT2D eigenvalue weighted by molar-refractivity contribution is -0.120. The van der Waals surface area contributed by atoms with Gasteiger partial charge < -0.3 is 21.1 Å². The number of para-hydroxylation sites is 1. The predicted octanol–water partition coefficient (Wildman–Crippen LogP) is -0.288. The molecule has 0 radical (unpaired) electrons.